The fourth-order valence-electron chi connectivity index (χ4n) is 1.50. The van der Waals surface area contributed by atoms with Crippen LogP contribution in [-0.4, -0.2) is 30.3 Å². The lowest BCUT2D eigenvalue weighted by atomic mass is 10.4. The Hall–Kier alpha value is -0.650. The zero-order chi connectivity index (χ0) is 12.3. The third kappa shape index (κ3) is 2.53. The van der Waals surface area contributed by atoms with Crippen LogP contribution in [0.1, 0.15) is 20.8 Å². The lowest BCUT2D eigenvalue weighted by Crippen LogP contribution is -2.36. The van der Waals surface area contributed by atoms with E-state index < -0.39 is 10.0 Å². The molecule has 1 rings (SSSR count). The van der Waals surface area contributed by atoms with Gasteiger partial charge in [0.25, 0.3) is 0 Å². The number of rotatable bonds is 4. The molecule has 0 atom stereocenters. The highest BCUT2D eigenvalue weighted by Crippen LogP contribution is 2.23. The molecule has 0 aliphatic rings. The maximum atomic E-state index is 12.2. The minimum Gasteiger partial charge on any atom is -0.243 e. The van der Waals surface area contributed by atoms with Crippen molar-refractivity contribution in [3.8, 4) is 0 Å². The van der Waals surface area contributed by atoms with Gasteiger partial charge in [0.15, 0.2) is 0 Å². The quantitative estimate of drug-likeness (QED) is 0.782. The van der Waals surface area contributed by atoms with E-state index in [-0.39, 0.29) is 16.1 Å². The monoisotopic (exact) mass is 262 g/mol. The average Bonchev–Trinajstić information content (AvgIpc) is 2.17. The first kappa shape index (κ1) is 13.4. The molecule has 6 heteroatoms. The van der Waals surface area contributed by atoms with Crippen molar-refractivity contribution in [2.45, 2.75) is 31.7 Å². The van der Waals surface area contributed by atoms with E-state index in [1.54, 1.807) is 13.0 Å². The van der Waals surface area contributed by atoms with Gasteiger partial charge in [0.1, 0.15) is 10.0 Å². The van der Waals surface area contributed by atoms with E-state index in [1.807, 2.05) is 13.8 Å². The Labute approximate surface area is 101 Å². The smallest absolute Gasteiger partial charge is 0.243 e. The Morgan fingerprint density at radius 1 is 1.50 bits per heavy atom. The van der Waals surface area contributed by atoms with Gasteiger partial charge in [0.05, 0.1) is 0 Å². The molecule has 0 radical (unpaired) electrons. The van der Waals surface area contributed by atoms with Crippen molar-refractivity contribution in [1.82, 2.24) is 9.29 Å². The van der Waals surface area contributed by atoms with Crippen LogP contribution in [0.2, 0.25) is 5.15 Å². The molecular formula is C10H15ClN2O2S. The van der Waals surface area contributed by atoms with Crippen LogP contribution in [0.3, 0.4) is 0 Å². The largest absolute Gasteiger partial charge is 0.246 e. The summed E-state index contributed by atoms with van der Waals surface area (Å²) in [6.07, 6.45) is 1.47. The van der Waals surface area contributed by atoms with Crippen LogP contribution < -0.4 is 0 Å². The molecule has 0 bridgehead atoms. The maximum Gasteiger partial charge on any atom is 0.246 e. The Kier molecular flexibility index (Phi) is 4.29. The molecule has 4 nitrogen and oxygen atoms in total. The summed E-state index contributed by atoms with van der Waals surface area (Å²) < 4.78 is 25.8. The van der Waals surface area contributed by atoms with E-state index in [2.05, 4.69) is 4.98 Å². The SMILES string of the molecule is CCN(C(C)C)S(=O)(=O)c1cccnc1Cl. The van der Waals surface area contributed by atoms with Gasteiger partial charge in [0.2, 0.25) is 10.0 Å². The number of aromatic nitrogens is 1. The third-order valence-electron chi connectivity index (χ3n) is 2.20. The number of halogens is 1. The van der Waals surface area contributed by atoms with Gasteiger partial charge in [-0.3, -0.25) is 0 Å². The second-order valence-electron chi connectivity index (χ2n) is 3.59. The van der Waals surface area contributed by atoms with Gasteiger partial charge >= 0.3 is 0 Å². The molecule has 90 valence electrons. The molecule has 1 heterocycles. The van der Waals surface area contributed by atoms with Crippen LogP contribution in [0.15, 0.2) is 23.2 Å². The molecule has 1 aromatic heterocycles. The van der Waals surface area contributed by atoms with Gasteiger partial charge in [-0.15, -0.1) is 0 Å². The molecule has 0 saturated carbocycles. The molecule has 0 fully saturated rings. The summed E-state index contributed by atoms with van der Waals surface area (Å²) in [5.74, 6) is 0. The summed E-state index contributed by atoms with van der Waals surface area (Å²) in [4.78, 5) is 3.84. The Balaban J connectivity index is 3.26. The number of hydrogen-bond acceptors (Lipinski definition) is 3. The van der Waals surface area contributed by atoms with E-state index in [0.29, 0.717) is 6.54 Å². The lowest BCUT2D eigenvalue weighted by Gasteiger charge is -2.24. The Bertz CT molecular complexity index is 460. The second kappa shape index (κ2) is 5.12. The number of hydrogen-bond donors (Lipinski definition) is 0. The molecule has 0 unspecified atom stereocenters. The van der Waals surface area contributed by atoms with E-state index in [4.69, 9.17) is 11.6 Å². The fourth-order valence-corrected chi connectivity index (χ4v) is 3.58. The number of sulfonamides is 1. The van der Waals surface area contributed by atoms with Crippen LogP contribution >= 0.6 is 11.6 Å². The van der Waals surface area contributed by atoms with Crippen molar-refractivity contribution in [3.63, 3.8) is 0 Å². The van der Waals surface area contributed by atoms with Gasteiger partial charge in [-0.25, -0.2) is 13.4 Å². The zero-order valence-corrected chi connectivity index (χ0v) is 11.1. The highest BCUT2D eigenvalue weighted by molar-refractivity contribution is 7.89. The first-order valence-corrected chi connectivity index (χ1v) is 6.85. The molecule has 0 aromatic carbocycles. The van der Waals surface area contributed by atoms with E-state index in [1.165, 1.54) is 16.6 Å². The van der Waals surface area contributed by atoms with E-state index >= 15 is 0 Å². The Morgan fingerprint density at radius 3 is 2.56 bits per heavy atom. The number of pyridine rings is 1. The highest BCUT2D eigenvalue weighted by atomic mass is 35.5. The molecule has 0 amide bonds. The van der Waals surface area contributed by atoms with Gasteiger partial charge in [-0.2, -0.15) is 4.31 Å². The highest BCUT2D eigenvalue weighted by Gasteiger charge is 2.27. The molecule has 0 N–H and O–H groups in total. The molecule has 1 aromatic rings. The number of nitrogens with zero attached hydrogens (tertiary/aromatic N) is 2. The topological polar surface area (TPSA) is 50.3 Å². The van der Waals surface area contributed by atoms with Crippen LogP contribution in [-0.2, 0) is 10.0 Å². The standard InChI is InChI=1S/C10H15ClN2O2S/c1-4-13(8(2)3)16(14,15)9-6-5-7-12-10(9)11/h5-8H,4H2,1-3H3. The lowest BCUT2D eigenvalue weighted by molar-refractivity contribution is 0.369. The van der Waals surface area contributed by atoms with Gasteiger partial charge in [0, 0.05) is 18.8 Å². The van der Waals surface area contributed by atoms with Crippen molar-refractivity contribution in [2.75, 3.05) is 6.54 Å². The van der Waals surface area contributed by atoms with Gasteiger partial charge < -0.3 is 0 Å². The summed E-state index contributed by atoms with van der Waals surface area (Å²) in [7, 11) is -3.54. The van der Waals surface area contributed by atoms with Crippen LogP contribution in [0.4, 0.5) is 0 Å². The van der Waals surface area contributed by atoms with Crippen LogP contribution in [0.25, 0.3) is 0 Å². The normalized spacial score (nSPS) is 12.4. The van der Waals surface area contributed by atoms with Crippen LogP contribution in [0, 0.1) is 0 Å². The molecule has 0 spiro atoms. The first-order valence-electron chi connectivity index (χ1n) is 5.03. The van der Waals surface area contributed by atoms with Crippen molar-refractivity contribution in [2.24, 2.45) is 0 Å². The third-order valence-corrected chi connectivity index (χ3v) is 4.79. The average molecular weight is 263 g/mol. The molecule has 0 aliphatic carbocycles. The molecule has 0 saturated heterocycles. The fraction of sp³-hybridized carbons (Fsp3) is 0.500. The Morgan fingerprint density at radius 2 is 2.12 bits per heavy atom. The second-order valence-corrected chi connectivity index (χ2v) is 5.81. The molecule has 0 aliphatic heterocycles. The van der Waals surface area contributed by atoms with Crippen molar-refractivity contribution in [3.05, 3.63) is 23.5 Å². The predicted molar refractivity (Wildman–Crippen MR) is 63.9 cm³/mol. The summed E-state index contributed by atoms with van der Waals surface area (Å²) in [5, 5.41) is 0.0154. The van der Waals surface area contributed by atoms with Crippen molar-refractivity contribution in [1.29, 1.82) is 0 Å². The van der Waals surface area contributed by atoms with Crippen molar-refractivity contribution >= 4 is 21.6 Å². The summed E-state index contributed by atoms with van der Waals surface area (Å²) in [5.41, 5.74) is 0. The summed E-state index contributed by atoms with van der Waals surface area (Å²) in [6, 6.07) is 2.93. The van der Waals surface area contributed by atoms with E-state index in [0.717, 1.165) is 0 Å². The summed E-state index contributed by atoms with van der Waals surface area (Å²) in [6.45, 7) is 5.85. The maximum absolute atomic E-state index is 12.2. The predicted octanol–water partition coefficient (Wildman–Crippen LogP) is 2.15. The van der Waals surface area contributed by atoms with E-state index in [9.17, 15) is 8.42 Å². The van der Waals surface area contributed by atoms with Crippen LogP contribution in [0.5, 0.6) is 0 Å². The zero-order valence-electron chi connectivity index (χ0n) is 9.51. The minimum atomic E-state index is -3.54. The van der Waals surface area contributed by atoms with Gasteiger partial charge in [-0.05, 0) is 26.0 Å². The first-order chi connectivity index (χ1) is 7.41. The molecular weight excluding hydrogens is 248 g/mol. The molecule has 16 heavy (non-hydrogen) atoms. The minimum absolute atomic E-state index is 0.0154. The van der Waals surface area contributed by atoms with Crippen molar-refractivity contribution < 1.29 is 8.42 Å². The summed E-state index contributed by atoms with van der Waals surface area (Å²) >= 11 is 5.80. The van der Waals surface area contributed by atoms with Gasteiger partial charge in [-0.1, -0.05) is 18.5 Å².